The summed E-state index contributed by atoms with van der Waals surface area (Å²) < 4.78 is 12.4. The Morgan fingerprint density at radius 3 is 3.00 bits per heavy atom. The second-order valence-corrected chi connectivity index (χ2v) is 3.60. The topological polar surface area (TPSA) is 30.0 Å². The van der Waals surface area contributed by atoms with E-state index in [-0.39, 0.29) is 10.9 Å². The molecular formula is C10H8FNOS. The Morgan fingerprint density at radius 2 is 2.43 bits per heavy atom. The smallest absolute Gasteiger partial charge is 0.186 e. The van der Waals surface area contributed by atoms with Gasteiger partial charge in [-0.15, -0.1) is 0 Å². The van der Waals surface area contributed by atoms with Crippen LogP contribution < -0.4 is 0 Å². The van der Waals surface area contributed by atoms with E-state index in [1.807, 2.05) is 0 Å². The summed E-state index contributed by atoms with van der Waals surface area (Å²) in [5, 5.41) is 0.0337. The van der Waals surface area contributed by atoms with Crippen LogP contribution in [0.5, 0.6) is 0 Å². The number of hydrogen-bond donors (Lipinski definition) is 0. The molecule has 1 aromatic heterocycles. The van der Waals surface area contributed by atoms with Crippen molar-refractivity contribution in [3.8, 4) is 11.8 Å². The van der Waals surface area contributed by atoms with Crippen molar-refractivity contribution in [2.75, 3.05) is 5.75 Å². The van der Waals surface area contributed by atoms with Crippen LogP contribution in [0.2, 0.25) is 0 Å². The maximum atomic E-state index is 12.4. The molecule has 0 aliphatic carbocycles. The van der Waals surface area contributed by atoms with Crippen LogP contribution >= 0.6 is 11.8 Å². The van der Waals surface area contributed by atoms with E-state index in [0.717, 1.165) is 18.0 Å². The van der Waals surface area contributed by atoms with E-state index >= 15 is 0 Å². The molecule has 0 saturated heterocycles. The Balaban J connectivity index is 2.51. The summed E-state index contributed by atoms with van der Waals surface area (Å²) in [5.41, 5.74) is 0.510. The van der Waals surface area contributed by atoms with Crippen molar-refractivity contribution in [3.05, 3.63) is 29.8 Å². The minimum Gasteiger partial charge on any atom is -0.288 e. The normalized spacial score (nSPS) is 9.00. The van der Waals surface area contributed by atoms with Crippen molar-refractivity contribution in [1.29, 1.82) is 0 Å². The number of halogens is 1. The number of hydrogen-bond acceptors (Lipinski definition) is 3. The molecule has 0 N–H and O–H groups in total. The lowest BCUT2D eigenvalue weighted by Gasteiger charge is -1.88. The molecule has 2 nitrogen and oxygen atoms in total. The molecule has 0 bridgehead atoms. The molecule has 14 heavy (non-hydrogen) atoms. The number of thioether (sulfide) groups is 1. The summed E-state index contributed by atoms with van der Waals surface area (Å²) in [7, 11) is 0. The van der Waals surface area contributed by atoms with Gasteiger partial charge in [-0.2, -0.15) is 0 Å². The van der Waals surface area contributed by atoms with Crippen molar-refractivity contribution < 1.29 is 9.18 Å². The summed E-state index contributed by atoms with van der Waals surface area (Å²) >= 11 is 1.14. The minimum atomic E-state index is -0.381. The molecule has 0 saturated carbocycles. The number of aromatic nitrogens is 1. The quantitative estimate of drug-likeness (QED) is 0.661. The molecule has 4 heteroatoms. The lowest BCUT2D eigenvalue weighted by Crippen LogP contribution is -1.85. The monoisotopic (exact) mass is 209 g/mol. The number of carbonyl (C=O) groups excluding carboxylic acids is 1. The van der Waals surface area contributed by atoms with Gasteiger partial charge in [0.15, 0.2) is 5.12 Å². The van der Waals surface area contributed by atoms with Crippen molar-refractivity contribution in [2.45, 2.75) is 6.92 Å². The summed E-state index contributed by atoms with van der Waals surface area (Å²) in [6.45, 7) is 1.49. The predicted molar refractivity (Wildman–Crippen MR) is 54.2 cm³/mol. The third kappa shape index (κ3) is 4.06. The first kappa shape index (κ1) is 10.7. The molecule has 0 aliphatic heterocycles. The molecule has 1 rings (SSSR count). The molecule has 1 heterocycles. The summed E-state index contributed by atoms with van der Waals surface area (Å²) in [5.74, 6) is 5.54. The van der Waals surface area contributed by atoms with Crippen LogP contribution in [0.3, 0.4) is 0 Å². The van der Waals surface area contributed by atoms with Crippen LogP contribution in [-0.2, 0) is 4.79 Å². The van der Waals surface area contributed by atoms with Gasteiger partial charge in [0.25, 0.3) is 0 Å². The lowest BCUT2D eigenvalue weighted by atomic mass is 10.3. The highest BCUT2D eigenvalue weighted by atomic mass is 32.2. The second kappa shape index (κ2) is 5.40. The van der Waals surface area contributed by atoms with Gasteiger partial charge in [0.1, 0.15) is 11.5 Å². The Labute approximate surface area is 85.9 Å². The largest absolute Gasteiger partial charge is 0.288 e. The molecule has 0 unspecified atom stereocenters. The summed E-state index contributed by atoms with van der Waals surface area (Å²) in [4.78, 5) is 14.3. The molecule has 0 amide bonds. The molecule has 0 atom stereocenters. The fourth-order valence-corrected chi connectivity index (χ4v) is 1.06. The van der Waals surface area contributed by atoms with Gasteiger partial charge >= 0.3 is 0 Å². The van der Waals surface area contributed by atoms with Crippen LogP contribution in [-0.4, -0.2) is 15.9 Å². The third-order valence-electron chi connectivity index (χ3n) is 1.29. The molecule has 0 spiro atoms. The van der Waals surface area contributed by atoms with E-state index in [2.05, 4.69) is 16.8 Å². The van der Waals surface area contributed by atoms with Crippen LogP contribution in [0.15, 0.2) is 18.3 Å². The number of rotatable bonds is 1. The fraction of sp³-hybridized carbons (Fsp3) is 0.200. The Morgan fingerprint density at radius 1 is 1.64 bits per heavy atom. The van der Waals surface area contributed by atoms with Crippen LogP contribution in [0.25, 0.3) is 0 Å². The second-order valence-electron chi connectivity index (χ2n) is 2.44. The third-order valence-corrected chi connectivity index (χ3v) is 1.99. The lowest BCUT2D eigenvalue weighted by molar-refractivity contribution is -0.109. The maximum absolute atomic E-state index is 12.4. The zero-order valence-corrected chi connectivity index (χ0v) is 8.40. The van der Waals surface area contributed by atoms with Gasteiger partial charge in [0, 0.05) is 6.92 Å². The fourth-order valence-electron chi connectivity index (χ4n) is 0.714. The SMILES string of the molecule is CC(=O)SCC#Cc1ccc(F)cn1. The van der Waals surface area contributed by atoms with Gasteiger partial charge < -0.3 is 0 Å². The Kier molecular flexibility index (Phi) is 4.14. The highest BCUT2D eigenvalue weighted by Gasteiger charge is 1.91. The van der Waals surface area contributed by atoms with Gasteiger partial charge in [0.2, 0.25) is 0 Å². The minimum absolute atomic E-state index is 0.0337. The average Bonchev–Trinajstić information content (AvgIpc) is 2.15. The Hall–Kier alpha value is -1.34. The van der Waals surface area contributed by atoms with Crippen molar-refractivity contribution in [1.82, 2.24) is 4.98 Å². The Bertz CT molecular complexity index is 377. The summed E-state index contributed by atoms with van der Waals surface area (Å²) in [6, 6.07) is 2.80. The number of nitrogens with zero attached hydrogens (tertiary/aromatic N) is 1. The van der Waals surface area contributed by atoms with E-state index in [1.165, 1.54) is 19.1 Å². The standard InChI is InChI=1S/C10H8FNOS/c1-8(13)14-6-2-3-10-5-4-9(11)7-12-10/h4-5,7H,6H2,1H3. The average molecular weight is 209 g/mol. The predicted octanol–water partition coefficient (Wildman–Crippen LogP) is 1.85. The zero-order chi connectivity index (χ0) is 10.4. The molecular weight excluding hydrogens is 201 g/mol. The van der Waals surface area contributed by atoms with Crippen LogP contribution in [0.4, 0.5) is 4.39 Å². The van der Waals surface area contributed by atoms with E-state index in [9.17, 15) is 9.18 Å². The van der Waals surface area contributed by atoms with Gasteiger partial charge in [-0.1, -0.05) is 17.7 Å². The van der Waals surface area contributed by atoms with E-state index < -0.39 is 0 Å². The van der Waals surface area contributed by atoms with Crippen molar-refractivity contribution in [2.24, 2.45) is 0 Å². The van der Waals surface area contributed by atoms with Crippen molar-refractivity contribution >= 4 is 16.9 Å². The van der Waals surface area contributed by atoms with Crippen LogP contribution in [0.1, 0.15) is 12.6 Å². The van der Waals surface area contributed by atoms with Crippen LogP contribution in [0, 0.1) is 17.7 Å². The van der Waals surface area contributed by atoms with Gasteiger partial charge in [-0.25, -0.2) is 9.37 Å². The van der Waals surface area contributed by atoms with E-state index in [4.69, 9.17) is 0 Å². The van der Waals surface area contributed by atoms with Gasteiger partial charge in [0.05, 0.1) is 11.9 Å². The molecule has 0 fully saturated rings. The first-order chi connectivity index (χ1) is 6.68. The van der Waals surface area contributed by atoms with Crippen molar-refractivity contribution in [3.63, 3.8) is 0 Å². The molecule has 0 aliphatic rings. The van der Waals surface area contributed by atoms with Gasteiger partial charge in [-0.05, 0) is 18.1 Å². The maximum Gasteiger partial charge on any atom is 0.186 e. The van der Waals surface area contributed by atoms with Gasteiger partial charge in [-0.3, -0.25) is 4.79 Å². The first-order valence-electron chi connectivity index (χ1n) is 3.92. The molecule has 0 aromatic carbocycles. The molecule has 0 radical (unpaired) electrons. The van der Waals surface area contributed by atoms with E-state index in [1.54, 1.807) is 0 Å². The summed E-state index contributed by atoms with van der Waals surface area (Å²) in [6.07, 6.45) is 1.11. The first-order valence-corrected chi connectivity index (χ1v) is 4.91. The number of pyridine rings is 1. The zero-order valence-electron chi connectivity index (χ0n) is 7.58. The highest BCUT2D eigenvalue weighted by Crippen LogP contribution is 1.99. The van der Waals surface area contributed by atoms with E-state index in [0.29, 0.717) is 11.4 Å². The molecule has 72 valence electrons. The number of carbonyl (C=O) groups is 1. The highest BCUT2D eigenvalue weighted by molar-refractivity contribution is 8.13. The molecule has 1 aromatic rings.